The number of likely N-dealkylation sites (N-methyl/N-ethyl adjacent to an activating group) is 1. The Labute approximate surface area is 196 Å². The zero-order valence-corrected chi connectivity index (χ0v) is 19.4. The quantitative estimate of drug-likeness (QED) is 0.405. The number of nitrogens with zero attached hydrogens (tertiary/aromatic N) is 3. The Bertz CT molecular complexity index is 1190. The summed E-state index contributed by atoms with van der Waals surface area (Å²) in [5, 5.41) is 1.03. The van der Waals surface area contributed by atoms with Crippen molar-refractivity contribution < 1.29 is 9.53 Å². The molecule has 1 saturated heterocycles. The first-order chi connectivity index (χ1) is 15.5. The van der Waals surface area contributed by atoms with Gasteiger partial charge in [0, 0.05) is 24.5 Å². The van der Waals surface area contributed by atoms with Gasteiger partial charge in [0.15, 0.2) is 5.17 Å². The monoisotopic (exact) mass is 463 g/mol. The van der Waals surface area contributed by atoms with Gasteiger partial charge in [-0.25, -0.2) is 4.99 Å². The average Bonchev–Trinajstić information content (AvgIpc) is 3.09. The lowest BCUT2D eigenvalue weighted by molar-refractivity contribution is -0.122. The van der Waals surface area contributed by atoms with Gasteiger partial charge in [0.05, 0.1) is 15.6 Å². The van der Waals surface area contributed by atoms with Crippen LogP contribution in [-0.4, -0.2) is 27.5 Å². The second-order valence-electron chi connectivity index (χ2n) is 7.19. The normalized spacial score (nSPS) is 16.2. The molecule has 0 bridgehead atoms. The van der Waals surface area contributed by atoms with Crippen molar-refractivity contribution in [3.63, 3.8) is 0 Å². The molecule has 5 nitrogen and oxygen atoms in total. The highest BCUT2D eigenvalue weighted by atomic mass is 35.5. The molecule has 0 aliphatic carbocycles. The topological polar surface area (TPSA) is 54.8 Å². The predicted molar refractivity (Wildman–Crippen MR) is 131 cm³/mol. The molecule has 4 rings (SSSR count). The minimum Gasteiger partial charge on any atom is -0.488 e. The summed E-state index contributed by atoms with van der Waals surface area (Å²) >= 11 is 7.52. The highest BCUT2D eigenvalue weighted by Crippen LogP contribution is 2.36. The van der Waals surface area contributed by atoms with Crippen LogP contribution in [0.2, 0.25) is 5.02 Å². The Morgan fingerprint density at radius 2 is 1.94 bits per heavy atom. The first-order valence-corrected chi connectivity index (χ1v) is 11.4. The second-order valence-corrected chi connectivity index (χ2v) is 8.61. The molecule has 1 aromatic heterocycles. The largest absolute Gasteiger partial charge is 0.488 e. The van der Waals surface area contributed by atoms with Gasteiger partial charge in [-0.1, -0.05) is 59.6 Å². The van der Waals surface area contributed by atoms with Crippen LogP contribution in [0.5, 0.6) is 5.75 Å². The number of rotatable bonds is 6. The molecule has 3 aromatic rings. The van der Waals surface area contributed by atoms with E-state index in [1.54, 1.807) is 17.2 Å². The number of carbonyl (C=O) groups excluding carboxylic acids is 1. The van der Waals surface area contributed by atoms with Gasteiger partial charge in [0.1, 0.15) is 12.4 Å². The number of halogens is 1. The number of hydrogen-bond acceptors (Lipinski definition) is 5. The first kappa shape index (κ1) is 22.1. The number of pyridine rings is 1. The van der Waals surface area contributed by atoms with E-state index in [-0.39, 0.29) is 5.91 Å². The van der Waals surface area contributed by atoms with E-state index >= 15 is 0 Å². The van der Waals surface area contributed by atoms with Crippen LogP contribution in [0.15, 0.2) is 76.9 Å². The zero-order valence-electron chi connectivity index (χ0n) is 17.8. The third kappa shape index (κ3) is 5.03. The summed E-state index contributed by atoms with van der Waals surface area (Å²) < 4.78 is 6.07. The van der Waals surface area contributed by atoms with Gasteiger partial charge < -0.3 is 4.74 Å². The molecular weight excluding hydrogens is 442 g/mol. The Hall–Kier alpha value is -3.09. The molecule has 1 amide bonds. The fraction of sp³-hybridized carbons (Fsp3) is 0.160. The summed E-state index contributed by atoms with van der Waals surface area (Å²) in [5.41, 5.74) is 3.72. The first-order valence-electron chi connectivity index (χ1n) is 10.2. The van der Waals surface area contributed by atoms with E-state index in [9.17, 15) is 4.79 Å². The van der Waals surface area contributed by atoms with Crippen molar-refractivity contribution in [1.82, 2.24) is 9.88 Å². The highest BCUT2D eigenvalue weighted by Gasteiger charge is 2.32. The fourth-order valence-corrected chi connectivity index (χ4v) is 4.36. The van der Waals surface area contributed by atoms with Gasteiger partial charge >= 0.3 is 0 Å². The second kappa shape index (κ2) is 10.0. The fourth-order valence-electron chi connectivity index (χ4n) is 3.15. The third-order valence-electron chi connectivity index (χ3n) is 4.89. The molecule has 162 valence electrons. The number of carbonyl (C=O) groups is 1. The molecular formula is C25H22ClN3O2S. The van der Waals surface area contributed by atoms with Crippen molar-refractivity contribution >= 4 is 46.2 Å². The van der Waals surface area contributed by atoms with Crippen molar-refractivity contribution in [2.75, 3.05) is 6.54 Å². The molecule has 1 aliphatic rings. The minimum absolute atomic E-state index is 0.0882. The summed E-state index contributed by atoms with van der Waals surface area (Å²) in [6.07, 6.45) is 5.02. The van der Waals surface area contributed by atoms with Crippen molar-refractivity contribution in [1.29, 1.82) is 0 Å². The summed E-state index contributed by atoms with van der Waals surface area (Å²) in [4.78, 5) is 23.8. The summed E-state index contributed by atoms with van der Waals surface area (Å²) in [5.74, 6) is 0.634. The average molecular weight is 464 g/mol. The van der Waals surface area contributed by atoms with Gasteiger partial charge in [-0.15, -0.1) is 0 Å². The number of ether oxygens (including phenoxy) is 1. The lowest BCUT2D eigenvalue weighted by Crippen LogP contribution is -2.28. The molecule has 0 radical (unpaired) electrons. The van der Waals surface area contributed by atoms with Gasteiger partial charge in [0.2, 0.25) is 0 Å². The highest BCUT2D eigenvalue weighted by molar-refractivity contribution is 8.18. The number of aromatic nitrogens is 1. The van der Waals surface area contributed by atoms with Crippen molar-refractivity contribution in [3.8, 4) is 5.75 Å². The molecule has 7 heteroatoms. The maximum atomic E-state index is 13.0. The van der Waals surface area contributed by atoms with E-state index < -0.39 is 0 Å². The molecule has 32 heavy (non-hydrogen) atoms. The van der Waals surface area contributed by atoms with E-state index in [1.807, 2.05) is 37.3 Å². The SMILES string of the molecule is CCN1C(=O)/C(=C/c2ccccc2OCc2ccc(C)cc2)SC1=Nc1ccncc1Cl. The van der Waals surface area contributed by atoms with Crippen LogP contribution in [0.4, 0.5) is 5.69 Å². The lowest BCUT2D eigenvalue weighted by Gasteiger charge is -2.12. The Morgan fingerprint density at radius 3 is 2.69 bits per heavy atom. The molecule has 2 heterocycles. The van der Waals surface area contributed by atoms with Crippen LogP contribution in [0.3, 0.4) is 0 Å². The maximum absolute atomic E-state index is 13.0. The molecule has 0 unspecified atom stereocenters. The third-order valence-corrected chi connectivity index (χ3v) is 6.19. The van der Waals surface area contributed by atoms with Crippen LogP contribution in [0.1, 0.15) is 23.6 Å². The Balaban J connectivity index is 1.59. The van der Waals surface area contributed by atoms with Crippen molar-refractivity contribution in [2.24, 2.45) is 4.99 Å². The number of aliphatic imine (C=N–C) groups is 1. The number of aryl methyl sites for hydroxylation is 1. The molecule has 1 aliphatic heterocycles. The number of para-hydroxylation sites is 1. The van der Waals surface area contributed by atoms with Gasteiger partial charge in [-0.2, -0.15) is 0 Å². The van der Waals surface area contributed by atoms with Crippen LogP contribution in [-0.2, 0) is 11.4 Å². The standard InChI is InChI=1S/C25H22ClN3O2S/c1-3-29-24(30)23(32-25(29)28-21-12-13-27-15-20(21)26)14-19-6-4-5-7-22(19)31-16-18-10-8-17(2)9-11-18/h4-15H,3,16H2,1-2H3/b23-14-,28-25?. The van der Waals surface area contributed by atoms with Crippen molar-refractivity contribution in [3.05, 3.63) is 93.6 Å². The smallest absolute Gasteiger partial charge is 0.266 e. The maximum Gasteiger partial charge on any atom is 0.266 e. The predicted octanol–water partition coefficient (Wildman–Crippen LogP) is 6.25. The Morgan fingerprint density at radius 1 is 1.16 bits per heavy atom. The van der Waals surface area contributed by atoms with Crippen LogP contribution < -0.4 is 4.74 Å². The van der Waals surface area contributed by atoms with E-state index in [1.165, 1.54) is 23.5 Å². The van der Waals surface area contributed by atoms with E-state index in [4.69, 9.17) is 16.3 Å². The van der Waals surface area contributed by atoms with E-state index in [2.05, 4.69) is 41.2 Å². The number of hydrogen-bond donors (Lipinski definition) is 0. The molecule has 0 saturated carbocycles. The number of amides is 1. The van der Waals surface area contributed by atoms with Gasteiger partial charge in [-0.05, 0) is 49.4 Å². The number of thioether (sulfide) groups is 1. The summed E-state index contributed by atoms with van der Waals surface area (Å²) in [7, 11) is 0. The van der Waals surface area contributed by atoms with Crippen LogP contribution >= 0.6 is 23.4 Å². The summed E-state index contributed by atoms with van der Waals surface area (Å²) in [6, 6.07) is 17.7. The van der Waals surface area contributed by atoms with Gasteiger partial charge in [0.25, 0.3) is 5.91 Å². The molecule has 2 aromatic carbocycles. The molecule has 0 atom stereocenters. The molecule has 0 N–H and O–H groups in total. The van der Waals surface area contributed by atoms with Gasteiger partial charge in [-0.3, -0.25) is 14.7 Å². The van der Waals surface area contributed by atoms with Crippen molar-refractivity contribution in [2.45, 2.75) is 20.5 Å². The number of benzene rings is 2. The van der Waals surface area contributed by atoms with Crippen LogP contribution in [0.25, 0.3) is 6.08 Å². The Kier molecular flexibility index (Phi) is 6.93. The van der Waals surface area contributed by atoms with E-state index in [0.717, 1.165) is 16.9 Å². The molecule has 1 fully saturated rings. The lowest BCUT2D eigenvalue weighted by atomic mass is 10.1. The van der Waals surface area contributed by atoms with Crippen LogP contribution in [0, 0.1) is 6.92 Å². The minimum atomic E-state index is -0.0882. The number of amidine groups is 1. The molecule has 0 spiro atoms. The zero-order chi connectivity index (χ0) is 22.5. The van der Waals surface area contributed by atoms with E-state index in [0.29, 0.717) is 33.9 Å². The summed E-state index contributed by atoms with van der Waals surface area (Å²) in [6.45, 7) is 4.94.